The van der Waals surface area contributed by atoms with Crippen molar-refractivity contribution in [3.63, 3.8) is 0 Å². The largest absolute Gasteiger partial charge is 0.380 e. The highest BCUT2D eigenvalue weighted by Gasteiger charge is 2.33. The van der Waals surface area contributed by atoms with Crippen LogP contribution in [0.2, 0.25) is 5.02 Å². The van der Waals surface area contributed by atoms with Gasteiger partial charge in [0.2, 0.25) is 0 Å². The van der Waals surface area contributed by atoms with Crippen LogP contribution in [0.3, 0.4) is 0 Å². The summed E-state index contributed by atoms with van der Waals surface area (Å²) in [5.74, 6) is 1.89. The molecule has 1 fully saturated rings. The standard InChI is InChI=1S/C16H20ClN3O/c1-16(2,3)20-15(18-14(19-20)10-7-8-10)13(21)11-5-4-6-12(17)9-11/h4-6,9-10,13,21H,7-8H2,1-3H3/t13-/m0/s1. The molecule has 2 aromatic rings. The van der Waals surface area contributed by atoms with Crippen molar-refractivity contribution in [3.8, 4) is 0 Å². The Bertz CT molecular complexity index is 656. The van der Waals surface area contributed by atoms with Crippen molar-refractivity contribution in [1.29, 1.82) is 0 Å². The first-order chi connectivity index (χ1) is 9.86. The number of aliphatic hydroxyl groups excluding tert-OH is 1. The molecule has 0 unspecified atom stereocenters. The van der Waals surface area contributed by atoms with Gasteiger partial charge in [0, 0.05) is 10.9 Å². The van der Waals surface area contributed by atoms with E-state index in [0.717, 1.165) is 24.2 Å². The van der Waals surface area contributed by atoms with Crippen LogP contribution in [-0.4, -0.2) is 19.9 Å². The number of hydrogen-bond acceptors (Lipinski definition) is 3. The van der Waals surface area contributed by atoms with Crippen molar-refractivity contribution in [3.05, 3.63) is 46.5 Å². The van der Waals surface area contributed by atoms with E-state index >= 15 is 0 Å². The second-order valence-corrected chi connectivity index (χ2v) is 7.08. The fourth-order valence-corrected chi connectivity index (χ4v) is 2.55. The number of benzene rings is 1. The zero-order valence-corrected chi connectivity index (χ0v) is 13.3. The highest BCUT2D eigenvalue weighted by Crippen LogP contribution is 2.39. The number of hydrogen-bond donors (Lipinski definition) is 1. The molecule has 1 saturated carbocycles. The Morgan fingerprint density at radius 3 is 2.62 bits per heavy atom. The lowest BCUT2D eigenvalue weighted by Crippen LogP contribution is -2.27. The summed E-state index contributed by atoms with van der Waals surface area (Å²) in [6.45, 7) is 6.19. The molecule has 21 heavy (non-hydrogen) atoms. The van der Waals surface area contributed by atoms with Crippen LogP contribution in [0, 0.1) is 0 Å². The quantitative estimate of drug-likeness (QED) is 0.941. The second-order valence-electron chi connectivity index (χ2n) is 6.64. The van der Waals surface area contributed by atoms with Crippen LogP contribution in [0.15, 0.2) is 24.3 Å². The first kappa shape index (κ1) is 14.5. The molecule has 0 saturated heterocycles. The predicted molar refractivity (Wildman–Crippen MR) is 82.5 cm³/mol. The van der Waals surface area contributed by atoms with Crippen molar-refractivity contribution in [2.45, 2.75) is 51.2 Å². The van der Waals surface area contributed by atoms with Gasteiger partial charge in [0.15, 0.2) is 11.6 Å². The average Bonchev–Trinajstić information content (AvgIpc) is 3.15. The minimum atomic E-state index is -0.817. The van der Waals surface area contributed by atoms with Crippen LogP contribution in [0.4, 0.5) is 0 Å². The van der Waals surface area contributed by atoms with Crippen molar-refractivity contribution in [2.75, 3.05) is 0 Å². The SMILES string of the molecule is CC(C)(C)n1nc(C2CC2)nc1[C@@H](O)c1cccc(Cl)c1. The minimum absolute atomic E-state index is 0.227. The molecule has 1 atom stereocenters. The van der Waals surface area contributed by atoms with Crippen LogP contribution in [0.5, 0.6) is 0 Å². The van der Waals surface area contributed by atoms with Gasteiger partial charge >= 0.3 is 0 Å². The maximum absolute atomic E-state index is 10.7. The van der Waals surface area contributed by atoms with Gasteiger partial charge in [-0.05, 0) is 51.3 Å². The molecule has 1 aromatic carbocycles. The molecule has 3 rings (SSSR count). The molecule has 0 spiro atoms. The molecule has 1 aromatic heterocycles. The van der Waals surface area contributed by atoms with Gasteiger partial charge in [-0.2, -0.15) is 5.10 Å². The zero-order chi connectivity index (χ0) is 15.2. The van der Waals surface area contributed by atoms with Gasteiger partial charge in [0.1, 0.15) is 6.10 Å². The minimum Gasteiger partial charge on any atom is -0.380 e. The van der Waals surface area contributed by atoms with Gasteiger partial charge in [-0.3, -0.25) is 0 Å². The van der Waals surface area contributed by atoms with Crippen molar-refractivity contribution in [1.82, 2.24) is 14.8 Å². The normalized spacial score (nSPS) is 17.0. The molecule has 4 nitrogen and oxygen atoms in total. The number of aliphatic hydroxyl groups is 1. The molecule has 5 heteroatoms. The Morgan fingerprint density at radius 2 is 2.05 bits per heavy atom. The highest BCUT2D eigenvalue weighted by molar-refractivity contribution is 6.30. The highest BCUT2D eigenvalue weighted by atomic mass is 35.5. The lowest BCUT2D eigenvalue weighted by Gasteiger charge is -2.23. The molecule has 112 valence electrons. The molecule has 1 aliphatic carbocycles. The average molecular weight is 306 g/mol. The van der Waals surface area contributed by atoms with Crippen LogP contribution in [-0.2, 0) is 5.54 Å². The van der Waals surface area contributed by atoms with Gasteiger partial charge in [0.05, 0.1) is 5.54 Å². The molecule has 1 aliphatic rings. The van der Waals surface area contributed by atoms with E-state index in [1.54, 1.807) is 12.1 Å². The molecule has 0 bridgehead atoms. The number of rotatable bonds is 3. The first-order valence-electron chi connectivity index (χ1n) is 7.27. The van der Waals surface area contributed by atoms with Crippen LogP contribution < -0.4 is 0 Å². The monoisotopic (exact) mass is 305 g/mol. The first-order valence-corrected chi connectivity index (χ1v) is 7.65. The van der Waals surface area contributed by atoms with Crippen LogP contribution >= 0.6 is 11.6 Å². The molecule has 0 aliphatic heterocycles. The fraction of sp³-hybridized carbons (Fsp3) is 0.500. The molecule has 1 N–H and O–H groups in total. The molecular weight excluding hydrogens is 286 g/mol. The molecular formula is C16H20ClN3O. The Hall–Kier alpha value is -1.39. The van der Waals surface area contributed by atoms with Gasteiger partial charge in [0.25, 0.3) is 0 Å². The van der Waals surface area contributed by atoms with Crippen molar-refractivity contribution in [2.24, 2.45) is 0 Å². The van der Waals surface area contributed by atoms with E-state index < -0.39 is 6.10 Å². The third-order valence-corrected chi connectivity index (χ3v) is 3.87. The third kappa shape index (κ3) is 2.97. The van der Waals surface area contributed by atoms with E-state index in [4.69, 9.17) is 11.6 Å². The Kier molecular flexibility index (Phi) is 3.54. The van der Waals surface area contributed by atoms with Gasteiger partial charge < -0.3 is 5.11 Å². The van der Waals surface area contributed by atoms with Crippen LogP contribution in [0.25, 0.3) is 0 Å². The summed E-state index contributed by atoms with van der Waals surface area (Å²) < 4.78 is 1.84. The molecule has 1 heterocycles. The number of nitrogens with zero attached hydrogens (tertiary/aromatic N) is 3. The smallest absolute Gasteiger partial charge is 0.161 e. The maximum Gasteiger partial charge on any atom is 0.161 e. The van der Waals surface area contributed by atoms with E-state index in [1.807, 2.05) is 16.8 Å². The zero-order valence-electron chi connectivity index (χ0n) is 12.5. The fourth-order valence-electron chi connectivity index (χ4n) is 2.35. The Balaban J connectivity index is 2.03. The summed E-state index contributed by atoms with van der Waals surface area (Å²) in [6, 6.07) is 7.25. The van der Waals surface area contributed by atoms with E-state index in [9.17, 15) is 5.11 Å². The van der Waals surface area contributed by atoms with E-state index in [-0.39, 0.29) is 5.54 Å². The summed E-state index contributed by atoms with van der Waals surface area (Å²) >= 11 is 6.02. The van der Waals surface area contributed by atoms with Crippen LogP contribution in [0.1, 0.15) is 62.8 Å². The maximum atomic E-state index is 10.7. The van der Waals surface area contributed by atoms with E-state index in [2.05, 4.69) is 30.9 Å². The number of halogens is 1. The summed E-state index contributed by atoms with van der Waals surface area (Å²) in [5, 5.41) is 15.9. The summed E-state index contributed by atoms with van der Waals surface area (Å²) in [5.41, 5.74) is 0.512. The van der Waals surface area contributed by atoms with Crippen molar-refractivity contribution >= 4 is 11.6 Å². The number of aromatic nitrogens is 3. The Morgan fingerprint density at radius 1 is 1.33 bits per heavy atom. The summed E-state index contributed by atoms with van der Waals surface area (Å²) in [4.78, 5) is 4.60. The Labute approximate surface area is 129 Å². The van der Waals surface area contributed by atoms with Gasteiger partial charge in [-0.1, -0.05) is 23.7 Å². The predicted octanol–water partition coefficient (Wildman–Crippen LogP) is 3.65. The summed E-state index contributed by atoms with van der Waals surface area (Å²) in [6.07, 6.45) is 1.46. The van der Waals surface area contributed by atoms with Gasteiger partial charge in [-0.25, -0.2) is 9.67 Å². The lowest BCUT2D eigenvalue weighted by atomic mass is 10.1. The lowest BCUT2D eigenvalue weighted by molar-refractivity contribution is 0.189. The van der Waals surface area contributed by atoms with Gasteiger partial charge in [-0.15, -0.1) is 0 Å². The van der Waals surface area contributed by atoms with E-state index in [0.29, 0.717) is 16.8 Å². The summed E-state index contributed by atoms with van der Waals surface area (Å²) in [7, 11) is 0. The van der Waals surface area contributed by atoms with Crippen molar-refractivity contribution < 1.29 is 5.11 Å². The second kappa shape index (κ2) is 5.11. The van der Waals surface area contributed by atoms with E-state index in [1.165, 1.54) is 0 Å². The third-order valence-electron chi connectivity index (χ3n) is 3.64. The molecule has 0 radical (unpaired) electrons. The molecule has 0 amide bonds. The topological polar surface area (TPSA) is 50.9 Å².